The lowest BCUT2D eigenvalue weighted by Gasteiger charge is -2.23. The average Bonchev–Trinajstić information content (AvgIpc) is 2.48. The maximum Gasteiger partial charge on any atom is 0.124 e. The quantitative estimate of drug-likeness (QED) is 0.560. The van der Waals surface area contributed by atoms with Crippen LogP contribution in [0.15, 0.2) is 12.3 Å². The number of hydrogen-bond acceptors (Lipinski definition) is 1. The predicted molar refractivity (Wildman–Crippen MR) is 59.7 cm³/mol. The van der Waals surface area contributed by atoms with Crippen LogP contribution in [0, 0.1) is 5.41 Å². The molecule has 0 aliphatic carbocycles. The van der Waals surface area contributed by atoms with E-state index in [1.165, 1.54) is 5.69 Å². The third-order valence-corrected chi connectivity index (χ3v) is 2.89. The maximum atomic E-state index is 7.37. The Bertz CT molecular complexity index is 347. The van der Waals surface area contributed by atoms with Gasteiger partial charge in [0.2, 0.25) is 0 Å². The van der Waals surface area contributed by atoms with Crippen molar-refractivity contribution in [2.24, 2.45) is 12.8 Å². The zero-order chi connectivity index (χ0) is 10.9. The van der Waals surface area contributed by atoms with Gasteiger partial charge >= 0.3 is 0 Å². The second kappa shape index (κ2) is 3.48. The average molecular weight is 193 g/mol. The van der Waals surface area contributed by atoms with Gasteiger partial charge in [0.1, 0.15) is 5.84 Å². The van der Waals surface area contributed by atoms with E-state index in [9.17, 15) is 0 Å². The zero-order valence-electron chi connectivity index (χ0n) is 9.39. The largest absolute Gasteiger partial charge is 0.384 e. The summed E-state index contributed by atoms with van der Waals surface area (Å²) in [5.41, 5.74) is 7.63. The van der Waals surface area contributed by atoms with E-state index in [0.29, 0.717) is 0 Å². The third kappa shape index (κ3) is 1.81. The highest BCUT2D eigenvalue weighted by Crippen LogP contribution is 2.27. The normalized spacial score (nSPS) is 11.7. The van der Waals surface area contributed by atoms with Gasteiger partial charge in [-0.15, -0.1) is 0 Å². The molecule has 0 saturated carbocycles. The van der Waals surface area contributed by atoms with Gasteiger partial charge in [-0.1, -0.05) is 20.8 Å². The Labute approximate surface area is 85.4 Å². The van der Waals surface area contributed by atoms with Crippen molar-refractivity contribution in [2.45, 2.75) is 32.6 Å². The van der Waals surface area contributed by atoms with Crippen LogP contribution in [0.5, 0.6) is 0 Å². The van der Waals surface area contributed by atoms with E-state index in [1.54, 1.807) is 0 Å². The van der Waals surface area contributed by atoms with Crippen LogP contribution in [0.4, 0.5) is 0 Å². The van der Waals surface area contributed by atoms with E-state index in [4.69, 9.17) is 11.1 Å². The molecule has 3 nitrogen and oxygen atoms in total. The van der Waals surface area contributed by atoms with Crippen LogP contribution in [-0.2, 0) is 12.5 Å². The van der Waals surface area contributed by atoms with E-state index < -0.39 is 0 Å². The highest BCUT2D eigenvalue weighted by Gasteiger charge is 2.22. The Hall–Kier alpha value is -1.25. The Morgan fingerprint density at radius 1 is 1.57 bits per heavy atom. The number of nitrogens with zero attached hydrogens (tertiary/aromatic N) is 1. The first-order chi connectivity index (χ1) is 6.38. The molecule has 1 aromatic heterocycles. The zero-order valence-corrected chi connectivity index (χ0v) is 9.39. The van der Waals surface area contributed by atoms with E-state index in [2.05, 4.69) is 25.3 Å². The van der Waals surface area contributed by atoms with Gasteiger partial charge in [-0.3, -0.25) is 5.41 Å². The van der Waals surface area contributed by atoms with E-state index >= 15 is 0 Å². The van der Waals surface area contributed by atoms with Crippen molar-refractivity contribution in [3.63, 3.8) is 0 Å². The molecular formula is C11H19N3. The van der Waals surface area contributed by atoms with Gasteiger partial charge in [-0.2, -0.15) is 0 Å². The first kappa shape index (κ1) is 10.8. The molecule has 0 bridgehead atoms. The summed E-state index contributed by atoms with van der Waals surface area (Å²) in [7, 11) is 2.00. The van der Waals surface area contributed by atoms with Crippen molar-refractivity contribution in [1.29, 1.82) is 5.41 Å². The van der Waals surface area contributed by atoms with Crippen molar-refractivity contribution in [3.8, 4) is 0 Å². The minimum Gasteiger partial charge on any atom is -0.384 e. The third-order valence-electron chi connectivity index (χ3n) is 2.89. The molecular weight excluding hydrogens is 174 g/mol. The van der Waals surface area contributed by atoms with E-state index in [1.807, 2.05) is 19.3 Å². The van der Waals surface area contributed by atoms with Crippen molar-refractivity contribution in [3.05, 3.63) is 23.5 Å². The standard InChI is InChI=1S/C11H19N3/c1-5-11(2,3)9-6-8(10(12)13)7-14(9)4/h6-7H,5H2,1-4H3,(H3,12,13). The molecule has 0 radical (unpaired) electrons. The molecule has 0 aliphatic heterocycles. The molecule has 1 heterocycles. The molecule has 0 spiro atoms. The van der Waals surface area contributed by atoms with Crippen LogP contribution in [0.1, 0.15) is 38.4 Å². The van der Waals surface area contributed by atoms with Gasteiger partial charge in [0.25, 0.3) is 0 Å². The van der Waals surface area contributed by atoms with Gasteiger partial charge in [0.15, 0.2) is 0 Å². The number of aryl methyl sites for hydroxylation is 1. The number of aromatic nitrogens is 1. The monoisotopic (exact) mass is 193 g/mol. The topological polar surface area (TPSA) is 54.8 Å². The lowest BCUT2D eigenvalue weighted by Crippen LogP contribution is -2.19. The Balaban J connectivity index is 3.17. The molecule has 0 unspecified atom stereocenters. The fraction of sp³-hybridized carbons (Fsp3) is 0.545. The van der Waals surface area contributed by atoms with Crippen molar-refractivity contribution < 1.29 is 0 Å². The molecule has 3 heteroatoms. The summed E-state index contributed by atoms with van der Waals surface area (Å²) in [4.78, 5) is 0. The molecule has 0 saturated heterocycles. The molecule has 0 fully saturated rings. The smallest absolute Gasteiger partial charge is 0.124 e. The lowest BCUT2D eigenvalue weighted by atomic mass is 9.86. The summed E-state index contributed by atoms with van der Waals surface area (Å²) >= 11 is 0. The van der Waals surface area contributed by atoms with Crippen LogP contribution >= 0.6 is 0 Å². The summed E-state index contributed by atoms with van der Waals surface area (Å²) in [6, 6.07) is 2.01. The van der Waals surface area contributed by atoms with Gasteiger partial charge in [0.05, 0.1) is 0 Å². The van der Waals surface area contributed by atoms with E-state index in [-0.39, 0.29) is 11.3 Å². The summed E-state index contributed by atoms with van der Waals surface area (Å²) in [5, 5.41) is 7.37. The molecule has 78 valence electrons. The Morgan fingerprint density at radius 3 is 2.50 bits per heavy atom. The fourth-order valence-electron chi connectivity index (χ4n) is 1.57. The Morgan fingerprint density at radius 2 is 2.14 bits per heavy atom. The molecule has 3 N–H and O–H groups in total. The number of amidine groups is 1. The number of rotatable bonds is 3. The van der Waals surface area contributed by atoms with Crippen LogP contribution in [0.3, 0.4) is 0 Å². The SMILES string of the molecule is CCC(C)(C)c1cc(C(=N)N)cn1C. The molecule has 1 aromatic rings. The highest BCUT2D eigenvalue weighted by atomic mass is 14.9. The van der Waals surface area contributed by atoms with Crippen LogP contribution in [0.2, 0.25) is 0 Å². The molecule has 1 rings (SSSR count). The van der Waals surface area contributed by atoms with Crippen LogP contribution in [-0.4, -0.2) is 10.4 Å². The molecule has 0 amide bonds. The fourth-order valence-corrected chi connectivity index (χ4v) is 1.57. The van der Waals surface area contributed by atoms with E-state index in [0.717, 1.165) is 12.0 Å². The van der Waals surface area contributed by atoms with Gasteiger partial charge in [-0.05, 0) is 12.5 Å². The minimum absolute atomic E-state index is 0.138. The second-order valence-electron chi connectivity index (χ2n) is 4.38. The van der Waals surface area contributed by atoms with Gasteiger partial charge in [-0.25, -0.2) is 0 Å². The van der Waals surface area contributed by atoms with Crippen LogP contribution in [0.25, 0.3) is 0 Å². The van der Waals surface area contributed by atoms with Crippen molar-refractivity contribution in [1.82, 2.24) is 4.57 Å². The lowest BCUT2D eigenvalue weighted by molar-refractivity contribution is 0.473. The number of nitrogen functional groups attached to an aromatic ring is 1. The maximum absolute atomic E-state index is 7.37. The van der Waals surface area contributed by atoms with Crippen molar-refractivity contribution in [2.75, 3.05) is 0 Å². The molecule has 0 aromatic carbocycles. The number of nitrogens with one attached hydrogen (secondary N) is 1. The first-order valence-electron chi connectivity index (χ1n) is 4.89. The summed E-state index contributed by atoms with van der Waals surface area (Å²) in [6.45, 7) is 6.57. The van der Waals surface area contributed by atoms with Gasteiger partial charge < -0.3 is 10.3 Å². The number of nitrogens with two attached hydrogens (primary N) is 1. The predicted octanol–water partition coefficient (Wildman–Crippen LogP) is 2.00. The van der Waals surface area contributed by atoms with Crippen molar-refractivity contribution >= 4 is 5.84 Å². The van der Waals surface area contributed by atoms with Crippen LogP contribution < -0.4 is 5.73 Å². The number of hydrogen-bond donors (Lipinski definition) is 2. The second-order valence-corrected chi connectivity index (χ2v) is 4.38. The summed E-state index contributed by atoms with van der Waals surface area (Å²) in [6.07, 6.45) is 2.98. The highest BCUT2D eigenvalue weighted by molar-refractivity contribution is 5.95. The summed E-state index contributed by atoms with van der Waals surface area (Å²) < 4.78 is 2.06. The Kier molecular flexibility index (Phi) is 2.69. The molecule has 0 aliphatic rings. The molecule has 0 atom stereocenters. The molecule has 14 heavy (non-hydrogen) atoms. The van der Waals surface area contributed by atoms with Gasteiger partial charge in [0, 0.05) is 29.9 Å². The minimum atomic E-state index is 0.138. The summed E-state index contributed by atoms with van der Waals surface area (Å²) in [5.74, 6) is 0.138. The first-order valence-corrected chi connectivity index (χ1v) is 4.89.